The predicted molar refractivity (Wildman–Crippen MR) is 91.6 cm³/mol. The number of hydrazone groups is 1. The van der Waals surface area contributed by atoms with E-state index in [2.05, 4.69) is 42.8 Å². The molecule has 0 amide bonds. The van der Waals surface area contributed by atoms with Crippen molar-refractivity contribution in [3.63, 3.8) is 0 Å². The number of H-pyrrole nitrogens is 1. The van der Waals surface area contributed by atoms with E-state index < -0.39 is 0 Å². The van der Waals surface area contributed by atoms with Crippen molar-refractivity contribution in [3.8, 4) is 0 Å². The van der Waals surface area contributed by atoms with Crippen molar-refractivity contribution in [2.45, 2.75) is 6.92 Å². The average Bonchev–Trinajstić information content (AvgIpc) is 2.93. The summed E-state index contributed by atoms with van der Waals surface area (Å²) in [6.45, 7) is 2.05. The van der Waals surface area contributed by atoms with Gasteiger partial charge in [-0.05, 0) is 24.6 Å². The summed E-state index contributed by atoms with van der Waals surface area (Å²) in [7, 11) is 0. The molecule has 0 spiro atoms. The Kier molecular flexibility index (Phi) is 3.20. The minimum atomic E-state index is 0.355. The molecule has 0 radical (unpaired) electrons. The lowest BCUT2D eigenvalue weighted by Gasteiger charge is -1.97. The van der Waals surface area contributed by atoms with Crippen molar-refractivity contribution in [2.75, 3.05) is 5.43 Å². The van der Waals surface area contributed by atoms with Crippen LogP contribution in [0.25, 0.3) is 22.1 Å². The highest BCUT2D eigenvalue weighted by Gasteiger charge is 2.08. The molecular formula is C17H14N6. The number of aryl methyl sites for hydroxylation is 1. The van der Waals surface area contributed by atoms with E-state index >= 15 is 0 Å². The number of fused-ring (bicyclic) bond motifs is 3. The Labute approximate surface area is 132 Å². The fourth-order valence-electron chi connectivity index (χ4n) is 2.44. The van der Waals surface area contributed by atoms with Gasteiger partial charge in [-0.25, -0.2) is 5.43 Å². The van der Waals surface area contributed by atoms with Crippen molar-refractivity contribution in [2.24, 2.45) is 5.10 Å². The molecule has 0 saturated carbocycles. The maximum atomic E-state index is 4.42. The quantitative estimate of drug-likeness (QED) is 0.450. The molecule has 4 aromatic rings. The van der Waals surface area contributed by atoms with Crippen LogP contribution in [0.5, 0.6) is 0 Å². The molecule has 6 nitrogen and oxygen atoms in total. The van der Waals surface area contributed by atoms with E-state index in [4.69, 9.17) is 0 Å². The lowest BCUT2D eigenvalue weighted by atomic mass is 10.2. The molecule has 2 aromatic heterocycles. The summed E-state index contributed by atoms with van der Waals surface area (Å²) in [5.74, 6) is 0.355. The zero-order chi connectivity index (χ0) is 15.6. The van der Waals surface area contributed by atoms with E-state index in [0.29, 0.717) is 11.6 Å². The molecule has 4 rings (SSSR count). The summed E-state index contributed by atoms with van der Waals surface area (Å²) in [6, 6.07) is 16.0. The molecule has 0 saturated heterocycles. The Hall–Kier alpha value is -3.28. The summed E-state index contributed by atoms with van der Waals surface area (Å²) < 4.78 is 0. The van der Waals surface area contributed by atoms with Gasteiger partial charge < -0.3 is 4.98 Å². The Morgan fingerprint density at radius 1 is 1.09 bits per heavy atom. The van der Waals surface area contributed by atoms with Gasteiger partial charge in [-0.2, -0.15) is 10.1 Å². The third-order valence-electron chi connectivity index (χ3n) is 3.55. The summed E-state index contributed by atoms with van der Waals surface area (Å²) >= 11 is 0. The predicted octanol–water partition coefficient (Wildman–Crippen LogP) is 3.26. The van der Waals surface area contributed by atoms with Gasteiger partial charge in [-0.3, -0.25) is 0 Å². The standard InChI is InChI=1S/C17H14N6/c1-11-7-8-14-13(9-11)15-16(19-14)20-17(23-21-15)22-18-10-12-5-3-2-4-6-12/h2-10H,1H3,(H2,19,20,22,23)/b18-10+. The van der Waals surface area contributed by atoms with E-state index in [1.54, 1.807) is 6.21 Å². The zero-order valence-corrected chi connectivity index (χ0v) is 12.5. The Morgan fingerprint density at radius 2 is 1.96 bits per heavy atom. The number of anilines is 1. The van der Waals surface area contributed by atoms with Crippen molar-refractivity contribution < 1.29 is 0 Å². The fraction of sp³-hybridized carbons (Fsp3) is 0.0588. The molecular weight excluding hydrogens is 288 g/mol. The number of nitrogens with zero attached hydrogens (tertiary/aromatic N) is 4. The Morgan fingerprint density at radius 3 is 2.83 bits per heavy atom. The smallest absolute Gasteiger partial charge is 0.265 e. The molecule has 0 aliphatic rings. The van der Waals surface area contributed by atoms with E-state index in [0.717, 1.165) is 22.0 Å². The number of hydrogen-bond donors (Lipinski definition) is 2. The molecule has 2 aromatic carbocycles. The third kappa shape index (κ3) is 2.62. The van der Waals surface area contributed by atoms with Crippen molar-refractivity contribution in [1.82, 2.24) is 20.2 Å². The van der Waals surface area contributed by atoms with Crippen LogP contribution >= 0.6 is 0 Å². The summed E-state index contributed by atoms with van der Waals surface area (Å²) in [6.07, 6.45) is 1.71. The normalized spacial score (nSPS) is 11.5. The number of hydrogen-bond acceptors (Lipinski definition) is 5. The van der Waals surface area contributed by atoms with Gasteiger partial charge in [-0.15, -0.1) is 10.2 Å². The van der Waals surface area contributed by atoms with Crippen LogP contribution in [0.15, 0.2) is 53.6 Å². The molecule has 0 aliphatic heterocycles. The highest BCUT2D eigenvalue weighted by Crippen LogP contribution is 2.23. The van der Waals surface area contributed by atoms with Gasteiger partial charge in [0.05, 0.1) is 6.21 Å². The lowest BCUT2D eigenvalue weighted by molar-refractivity contribution is 1.01. The number of benzene rings is 2. The maximum Gasteiger partial charge on any atom is 0.265 e. The Balaban J connectivity index is 1.64. The van der Waals surface area contributed by atoms with Crippen LogP contribution in [0.3, 0.4) is 0 Å². The number of aromatic amines is 1. The van der Waals surface area contributed by atoms with Crippen LogP contribution in [0.2, 0.25) is 0 Å². The molecule has 23 heavy (non-hydrogen) atoms. The highest BCUT2D eigenvalue weighted by molar-refractivity contribution is 6.03. The minimum Gasteiger partial charge on any atom is -0.338 e. The number of rotatable bonds is 3. The molecule has 2 N–H and O–H groups in total. The van der Waals surface area contributed by atoms with E-state index in [1.807, 2.05) is 43.3 Å². The van der Waals surface area contributed by atoms with Gasteiger partial charge in [0.25, 0.3) is 5.95 Å². The van der Waals surface area contributed by atoms with E-state index in [-0.39, 0.29) is 0 Å². The Bertz CT molecular complexity index is 1000. The van der Waals surface area contributed by atoms with Crippen molar-refractivity contribution >= 4 is 34.2 Å². The fourth-order valence-corrected chi connectivity index (χ4v) is 2.44. The SMILES string of the molecule is Cc1ccc2[nH]c3nc(N/N=C/c4ccccc4)nnc3c2c1. The zero-order valence-electron chi connectivity index (χ0n) is 12.5. The second-order valence-electron chi connectivity index (χ2n) is 5.29. The topological polar surface area (TPSA) is 78.9 Å². The molecule has 0 atom stereocenters. The van der Waals surface area contributed by atoms with Gasteiger partial charge in [0.2, 0.25) is 0 Å². The molecule has 0 aliphatic carbocycles. The van der Waals surface area contributed by atoms with Gasteiger partial charge in [0.15, 0.2) is 5.65 Å². The molecule has 112 valence electrons. The second-order valence-corrected chi connectivity index (χ2v) is 5.29. The highest BCUT2D eigenvalue weighted by atomic mass is 15.4. The van der Waals surface area contributed by atoms with Gasteiger partial charge in [0, 0.05) is 10.9 Å². The van der Waals surface area contributed by atoms with Gasteiger partial charge in [0.1, 0.15) is 5.52 Å². The first-order valence-electron chi connectivity index (χ1n) is 7.26. The van der Waals surface area contributed by atoms with Crippen molar-refractivity contribution in [1.29, 1.82) is 0 Å². The molecule has 0 unspecified atom stereocenters. The van der Waals surface area contributed by atoms with Crippen LogP contribution in [0, 0.1) is 6.92 Å². The largest absolute Gasteiger partial charge is 0.338 e. The van der Waals surface area contributed by atoms with Crippen LogP contribution in [-0.2, 0) is 0 Å². The van der Waals surface area contributed by atoms with Crippen LogP contribution in [-0.4, -0.2) is 26.4 Å². The molecule has 0 fully saturated rings. The van der Waals surface area contributed by atoms with Crippen LogP contribution in [0.4, 0.5) is 5.95 Å². The minimum absolute atomic E-state index is 0.355. The summed E-state index contributed by atoms with van der Waals surface area (Å²) in [4.78, 5) is 7.67. The number of aromatic nitrogens is 4. The maximum absolute atomic E-state index is 4.42. The summed E-state index contributed by atoms with van der Waals surface area (Å²) in [5, 5.41) is 13.5. The molecule has 6 heteroatoms. The van der Waals surface area contributed by atoms with Crippen LogP contribution < -0.4 is 5.43 Å². The van der Waals surface area contributed by atoms with Crippen molar-refractivity contribution in [3.05, 3.63) is 59.7 Å². The third-order valence-corrected chi connectivity index (χ3v) is 3.55. The first kappa shape index (κ1) is 13.4. The van der Waals surface area contributed by atoms with E-state index in [9.17, 15) is 0 Å². The average molecular weight is 302 g/mol. The van der Waals surface area contributed by atoms with E-state index in [1.165, 1.54) is 5.56 Å². The monoisotopic (exact) mass is 302 g/mol. The number of nitrogens with one attached hydrogen (secondary N) is 2. The first-order chi connectivity index (χ1) is 11.3. The lowest BCUT2D eigenvalue weighted by Crippen LogP contribution is -1.98. The van der Waals surface area contributed by atoms with Gasteiger partial charge >= 0.3 is 0 Å². The second kappa shape index (κ2) is 5.49. The van der Waals surface area contributed by atoms with Gasteiger partial charge in [-0.1, -0.05) is 42.0 Å². The summed E-state index contributed by atoms with van der Waals surface area (Å²) in [5.41, 5.74) is 7.43. The first-order valence-corrected chi connectivity index (χ1v) is 7.26. The van der Waals surface area contributed by atoms with Crippen LogP contribution in [0.1, 0.15) is 11.1 Å². The molecule has 0 bridgehead atoms. The molecule has 2 heterocycles.